The van der Waals surface area contributed by atoms with Gasteiger partial charge < -0.3 is 5.73 Å². The molecular formula is C8H7F2N3O. The quantitative estimate of drug-likeness (QED) is 0.540. The lowest BCUT2D eigenvalue weighted by molar-refractivity contribution is 0.249. The number of benzene rings is 1. The average molecular weight is 199 g/mol. The Morgan fingerprint density at radius 3 is 2.71 bits per heavy atom. The molecule has 0 aliphatic carbocycles. The molecule has 0 saturated carbocycles. The number of rotatable bonds is 2. The van der Waals surface area contributed by atoms with Gasteiger partial charge in [-0.1, -0.05) is 6.07 Å². The number of nitrogens with two attached hydrogens (primary N) is 1. The zero-order valence-corrected chi connectivity index (χ0v) is 7.00. The average Bonchev–Trinajstić information content (AvgIpc) is 2.10. The van der Waals surface area contributed by atoms with E-state index in [0.29, 0.717) is 5.56 Å². The predicted molar refractivity (Wildman–Crippen MR) is 46.7 cm³/mol. The van der Waals surface area contributed by atoms with E-state index in [1.54, 1.807) is 0 Å². The summed E-state index contributed by atoms with van der Waals surface area (Å²) in [5.41, 5.74) is 6.95. The molecule has 0 aliphatic rings. The maximum Gasteiger partial charge on any atom is 0.332 e. The van der Waals surface area contributed by atoms with Gasteiger partial charge in [0, 0.05) is 0 Å². The number of hydrogen-bond acceptors (Lipinski definition) is 2. The zero-order valence-electron chi connectivity index (χ0n) is 7.00. The van der Waals surface area contributed by atoms with Crippen molar-refractivity contribution in [3.05, 3.63) is 35.4 Å². The molecule has 0 heterocycles. The van der Waals surface area contributed by atoms with Crippen molar-refractivity contribution in [3.8, 4) is 0 Å². The summed E-state index contributed by atoms with van der Waals surface area (Å²) in [6.07, 6.45) is 1.15. The summed E-state index contributed by atoms with van der Waals surface area (Å²) in [4.78, 5) is 10.2. The third-order valence-corrected chi connectivity index (χ3v) is 1.33. The van der Waals surface area contributed by atoms with Gasteiger partial charge in [0.25, 0.3) is 0 Å². The van der Waals surface area contributed by atoms with Crippen LogP contribution in [0.3, 0.4) is 0 Å². The molecule has 6 heteroatoms. The number of nitrogens with zero attached hydrogens (tertiary/aromatic N) is 1. The number of hydrogen-bond donors (Lipinski definition) is 2. The topological polar surface area (TPSA) is 67.5 Å². The monoisotopic (exact) mass is 199 g/mol. The molecule has 0 fully saturated rings. The van der Waals surface area contributed by atoms with Crippen molar-refractivity contribution in [2.75, 3.05) is 0 Å². The molecule has 0 atom stereocenters. The SMILES string of the molecule is NC(=O)NN=Cc1ccc(F)c(F)c1. The number of carbonyl (C=O) groups excluding carboxylic acids is 1. The molecule has 4 nitrogen and oxygen atoms in total. The minimum Gasteiger partial charge on any atom is -0.350 e. The Hall–Kier alpha value is -1.98. The van der Waals surface area contributed by atoms with Crippen molar-refractivity contribution >= 4 is 12.2 Å². The number of primary amides is 1. The van der Waals surface area contributed by atoms with Crippen LogP contribution in [0.5, 0.6) is 0 Å². The highest BCUT2D eigenvalue weighted by Gasteiger charge is 2.00. The van der Waals surface area contributed by atoms with E-state index < -0.39 is 17.7 Å². The van der Waals surface area contributed by atoms with Crippen LogP contribution in [0, 0.1) is 11.6 Å². The minimum atomic E-state index is -0.979. The maximum absolute atomic E-state index is 12.6. The van der Waals surface area contributed by atoms with Crippen molar-refractivity contribution < 1.29 is 13.6 Å². The lowest BCUT2D eigenvalue weighted by Crippen LogP contribution is -2.24. The second kappa shape index (κ2) is 4.31. The van der Waals surface area contributed by atoms with E-state index in [-0.39, 0.29) is 0 Å². The largest absolute Gasteiger partial charge is 0.350 e. The van der Waals surface area contributed by atoms with Crippen LogP contribution in [0.15, 0.2) is 23.3 Å². The van der Waals surface area contributed by atoms with Crippen LogP contribution < -0.4 is 11.2 Å². The molecular weight excluding hydrogens is 192 g/mol. The second-order valence-corrected chi connectivity index (χ2v) is 2.41. The molecule has 0 unspecified atom stereocenters. The van der Waals surface area contributed by atoms with Crippen molar-refractivity contribution in [1.82, 2.24) is 5.43 Å². The Kier molecular flexibility index (Phi) is 3.11. The highest BCUT2D eigenvalue weighted by atomic mass is 19.2. The molecule has 1 aromatic rings. The molecule has 0 aliphatic heterocycles. The fourth-order valence-electron chi connectivity index (χ4n) is 0.763. The van der Waals surface area contributed by atoms with Gasteiger partial charge in [0.15, 0.2) is 11.6 Å². The smallest absolute Gasteiger partial charge is 0.332 e. The summed E-state index contributed by atoms with van der Waals surface area (Å²) in [5.74, 6) is -1.92. The number of hydrazone groups is 1. The van der Waals surface area contributed by atoms with Gasteiger partial charge in [-0.15, -0.1) is 0 Å². The number of carbonyl (C=O) groups is 1. The van der Waals surface area contributed by atoms with Gasteiger partial charge in [0.1, 0.15) is 0 Å². The molecule has 0 radical (unpaired) electrons. The first-order valence-electron chi connectivity index (χ1n) is 3.63. The summed E-state index contributed by atoms with van der Waals surface area (Å²) < 4.78 is 25.1. The number of amides is 2. The molecule has 74 valence electrons. The molecule has 2 amide bonds. The summed E-state index contributed by atoms with van der Waals surface area (Å²) in [7, 11) is 0. The Balaban J connectivity index is 2.73. The van der Waals surface area contributed by atoms with E-state index in [4.69, 9.17) is 5.73 Å². The third-order valence-electron chi connectivity index (χ3n) is 1.33. The zero-order chi connectivity index (χ0) is 10.6. The fourth-order valence-corrected chi connectivity index (χ4v) is 0.763. The van der Waals surface area contributed by atoms with E-state index >= 15 is 0 Å². The van der Waals surface area contributed by atoms with E-state index in [2.05, 4.69) is 5.10 Å². The van der Waals surface area contributed by atoms with Crippen LogP contribution >= 0.6 is 0 Å². The highest BCUT2D eigenvalue weighted by molar-refractivity contribution is 5.81. The second-order valence-electron chi connectivity index (χ2n) is 2.41. The van der Waals surface area contributed by atoms with E-state index in [1.807, 2.05) is 5.43 Å². The molecule has 0 bridgehead atoms. The standard InChI is InChI=1S/C8H7F2N3O/c9-6-2-1-5(3-7(6)10)4-12-13-8(11)14/h1-4H,(H3,11,13,14). The number of halogens is 2. The minimum absolute atomic E-state index is 0.317. The van der Waals surface area contributed by atoms with Crippen molar-refractivity contribution in [2.45, 2.75) is 0 Å². The summed E-state index contributed by atoms with van der Waals surface area (Å²) >= 11 is 0. The van der Waals surface area contributed by atoms with Gasteiger partial charge in [0.2, 0.25) is 0 Å². The molecule has 3 N–H and O–H groups in total. The molecule has 1 aromatic carbocycles. The molecule has 0 aromatic heterocycles. The van der Waals surface area contributed by atoms with E-state index in [1.165, 1.54) is 6.07 Å². The normalized spacial score (nSPS) is 10.4. The van der Waals surface area contributed by atoms with Gasteiger partial charge in [-0.05, 0) is 17.7 Å². The lowest BCUT2D eigenvalue weighted by Gasteiger charge is -1.95. The van der Waals surface area contributed by atoms with E-state index in [9.17, 15) is 13.6 Å². The maximum atomic E-state index is 12.6. The predicted octanol–water partition coefficient (Wildman–Crippen LogP) is 0.967. The number of nitrogens with one attached hydrogen (secondary N) is 1. The summed E-state index contributed by atoms with van der Waals surface area (Å²) in [6, 6.07) is 2.39. The van der Waals surface area contributed by atoms with Crippen LogP contribution in [0.1, 0.15) is 5.56 Å². The third kappa shape index (κ3) is 2.81. The van der Waals surface area contributed by atoms with Crippen molar-refractivity contribution in [3.63, 3.8) is 0 Å². The first-order valence-corrected chi connectivity index (χ1v) is 3.63. The van der Waals surface area contributed by atoms with Crippen molar-refractivity contribution in [2.24, 2.45) is 10.8 Å². The van der Waals surface area contributed by atoms with Gasteiger partial charge in [-0.2, -0.15) is 5.10 Å². The summed E-state index contributed by atoms with van der Waals surface area (Å²) in [5, 5.41) is 3.37. The molecule has 0 spiro atoms. The molecule has 1 rings (SSSR count). The fraction of sp³-hybridized carbons (Fsp3) is 0. The Labute approximate surface area is 78.4 Å². The first kappa shape index (κ1) is 10.1. The van der Waals surface area contributed by atoms with Crippen LogP contribution in [-0.2, 0) is 0 Å². The van der Waals surface area contributed by atoms with E-state index in [0.717, 1.165) is 18.3 Å². The Morgan fingerprint density at radius 2 is 2.14 bits per heavy atom. The van der Waals surface area contributed by atoms with Gasteiger partial charge in [-0.25, -0.2) is 19.0 Å². The van der Waals surface area contributed by atoms with Crippen molar-refractivity contribution in [1.29, 1.82) is 0 Å². The lowest BCUT2D eigenvalue weighted by atomic mass is 10.2. The van der Waals surface area contributed by atoms with Crippen LogP contribution in [0.25, 0.3) is 0 Å². The van der Waals surface area contributed by atoms with Crippen LogP contribution in [0.2, 0.25) is 0 Å². The highest BCUT2D eigenvalue weighted by Crippen LogP contribution is 2.06. The molecule has 14 heavy (non-hydrogen) atoms. The summed E-state index contributed by atoms with van der Waals surface area (Å²) in [6.45, 7) is 0. The van der Waals surface area contributed by atoms with Crippen LogP contribution in [-0.4, -0.2) is 12.2 Å². The first-order chi connectivity index (χ1) is 6.59. The molecule has 0 saturated heterocycles. The number of urea groups is 1. The Bertz CT molecular complexity index is 379. The van der Waals surface area contributed by atoms with Gasteiger partial charge in [-0.3, -0.25) is 0 Å². The van der Waals surface area contributed by atoms with Gasteiger partial charge in [0.05, 0.1) is 6.21 Å². The van der Waals surface area contributed by atoms with Crippen LogP contribution in [0.4, 0.5) is 13.6 Å². The Morgan fingerprint density at radius 1 is 1.43 bits per heavy atom. The van der Waals surface area contributed by atoms with Gasteiger partial charge >= 0.3 is 6.03 Å².